The molecular weight excluding hydrogens is 433 g/mol. The Kier molecular flexibility index (Phi) is 5.93. The Bertz CT molecular complexity index is 1070. The maximum absolute atomic E-state index is 15.8. The van der Waals surface area contributed by atoms with Gasteiger partial charge in [-0.1, -0.05) is 19.1 Å². The number of nitrogens with zero attached hydrogens (tertiary/aromatic N) is 2. The lowest BCUT2D eigenvalue weighted by Gasteiger charge is -2.36. The van der Waals surface area contributed by atoms with Crippen molar-refractivity contribution < 1.29 is 14.2 Å². The fourth-order valence-corrected chi connectivity index (χ4v) is 6.27. The fraction of sp³-hybridized carbons (Fsp3) is 0.577. The summed E-state index contributed by atoms with van der Waals surface area (Å²) in [5.74, 6) is 1.77. The van der Waals surface area contributed by atoms with Gasteiger partial charge in [0.2, 0.25) is 0 Å². The third-order valence-corrected chi connectivity index (χ3v) is 8.19. The summed E-state index contributed by atoms with van der Waals surface area (Å²) in [4.78, 5) is 10.7. The number of imidazole rings is 1. The molecule has 1 aliphatic carbocycles. The summed E-state index contributed by atoms with van der Waals surface area (Å²) in [7, 11) is 0. The van der Waals surface area contributed by atoms with Crippen molar-refractivity contribution in [3.63, 3.8) is 0 Å². The molecule has 2 saturated heterocycles. The third kappa shape index (κ3) is 3.96. The Morgan fingerprint density at radius 2 is 2.12 bits per heavy atom. The van der Waals surface area contributed by atoms with Gasteiger partial charge in [0, 0.05) is 37.4 Å². The van der Waals surface area contributed by atoms with E-state index in [0.717, 1.165) is 74.8 Å². The first-order valence-electron chi connectivity index (χ1n) is 12.6. The number of phenolic OH excluding ortho intramolecular Hbond substituents is 1. The number of hydrogen-bond donors (Lipinski definition) is 4. The van der Waals surface area contributed by atoms with Gasteiger partial charge in [0.05, 0.1) is 37.2 Å². The van der Waals surface area contributed by atoms with Gasteiger partial charge in [-0.3, -0.25) is 10.3 Å². The Balaban J connectivity index is 1.13. The molecule has 0 spiro atoms. The molecule has 1 aromatic carbocycles. The molecule has 0 radical (unpaired) electrons. The molecule has 1 aromatic heterocycles. The number of alkyl halides is 1. The van der Waals surface area contributed by atoms with E-state index >= 15 is 4.39 Å². The van der Waals surface area contributed by atoms with Crippen LogP contribution in [0.1, 0.15) is 54.4 Å². The highest BCUT2D eigenvalue weighted by Crippen LogP contribution is 2.45. The van der Waals surface area contributed by atoms with Crippen LogP contribution in [-0.2, 0) is 11.2 Å². The van der Waals surface area contributed by atoms with Gasteiger partial charge in [-0.25, -0.2) is 14.8 Å². The van der Waals surface area contributed by atoms with Crippen molar-refractivity contribution in [3.8, 4) is 5.75 Å². The van der Waals surface area contributed by atoms with Crippen molar-refractivity contribution in [1.29, 1.82) is 0 Å². The zero-order valence-corrected chi connectivity index (χ0v) is 19.6. The number of nitrogens with one attached hydrogen (secondary N) is 3. The summed E-state index contributed by atoms with van der Waals surface area (Å²) in [5.41, 5.74) is 11.0. The van der Waals surface area contributed by atoms with Gasteiger partial charge in [-0.05, 0) is 48.1 Å². The summed E-state index contributed by atoms with van der Waals surface area (Å²) < 4.78 is 21.1. The monoisotopic (exact) mass is 467 g/mol. The number of ether oxygens (including phenoxy) is 1. The molecule has 3 aliphatic heterocycles. The van der Waals surface area contributed by atoms with Gasteiger partial charge < -0.3 is 14.8 Å². The van der Waals surface area contributed by atoms with Crippen molar-refractivity contribution in [3.05, 3.63) is 53.1 Å². The molecule has 7 nitrogen and oxygen atoms in total. The normalized spacial score (nSPS) is 31.9. The molecule has 5 unspecified atom stereocenters. The molecule has 0 amide bonds. The van der Waals surface area contributed by atoms with E-state index in [-0.39, 0.29) is 29.7 Å². The topological polar surface area (TPSA) is 85.4 Å². The van der Waals surface area contributed by atoms with Crippen LogP contribution in [0.5, 0.6) is 5.75 Å². The van der Waals surface area contributed by atoms with Crippen LogP contribution < -0.4 is 10.9 Å². The van der Waals surface area contributed by atoms with E-state index in [1.807, 2.05) is 12.3 Å². The average molecular weight is 468 g/mol. The predicted octanol–water partition coefficient (Wildman–Crippen LogP) is 3.07. The summed E-state index contributed by atoms with van der Waals surface area (Å²) in [6, 6.07) is 5.07. The van der Waals surface area contributed by atoms with Crippen molar-refractivity contribution in [2.75, 3.05) is 32.8 Å². The number of phenols is 1. The average Bonchev–Trinajstić information content (AvgIpc) is 3.55. The highest BCUT2D eigenvalue weighted by atomic mass is 19.1. The quantitative estimate of drug-likeness (QED) is 0.523. The number of hydrazine groups is 1. The van der Waals surface area contributed by atoms with Crippen molar-refractivity contribution in [2.45, 2.75) is 50.4 Å². The molecule has 182 valence electrons. The first-order chi connectivity index (χ1) is 16.6. The number of fused-ring (bicyclic) bond motifs is 1. The Morgan fingerprint density at radius 1 is 1.24 bits per heavy atom. The number of hydrogen-bond acceptors (Lipinski definition) is 6. The van der Waals surface area contributed by atoms with Crippen molar-refractivity contribution >= 4 is 5.57 Å². The van der Waals surface area contributed by atoms with E-state index in [9.17, 15) is 5.11 Å². The molecule has 5 atom stereocenters. The van der Waals surface area contributed by atoms with Crippen LogP contribution in [0.3, 0.4) is 0 Å². The van der Waals surface area contributed by atoms with Gasteiger partial charge >= 0.3 is 0 Å². The van der Waals surface area contributed by atoms with Crippen LogP contribution in [0.15, 0.2) is 30.5 Å². The molecule has 3 fully saturated rings. The summed E-state index contributed by atoms with van der Waals surface area (Å²) in [5, 5.41) is 9.85. The predicted molar refractivity (Wildman–Crippen MR) is 128 cm³/mol. The van der Waals surface area contributed by atoms with Crippen LogP contribution in [0.25, 0.3) is 5.57 Å². The van der Waals surface area contributed by atoms with E-state index in [1.54, 1.807) is 12.1 Å². The number of rotatable bonds is 6. The number of aromatic hydroxyl groups is 1. The van der Waals surface area contributed by atoms with Crippen LogP contribution in [-0.4, -0.2) is 65.0 Å². The number of benzene rings is 1. The van der Waals surface area contributed by atoms with E-state index in [1.165, 1.54) is 5.57 Å². The van der Waals surface area contributed by atoms with Gasteiger partial charge in [-0.15, -0.1) is 0 Å². The standard InChI is InChI=1S/C26H34FN5O2/c1-2-16-9-18(33)3-4-19(16)20-5-6-21-24(23(20)27)30-31-25(21)26-28-10-22(29-26)17-7-8-32(12-17)11-15-13-34-14-15/h3-4,7,9-10,15,20-21,23-25,30-31,33H,2,5-6,8,11-14H2,1H3,(H,28,29). The number of halogens is 1. The number of aromatic nitrogens is 2. The number of aryl methyl sites for hydroxylation is 1. The summed E-state index contributed by atoms with van der Waals surface area (Å²) >= 11 is 0. The molecule has 0 bridgehead atoms. The molecular formula is C26H34FN5O2. The highest BCUT2D eigenvalue weighted by Gasteiger charge is 2.48. The fourth-order valence-electron chi connectivity index (χ4n) is 6.27. The molecule has 4 N–H and O–H groups in total. The van der Waals surface area contributed by atoms with Gasteiger partial charge in [0.15, 0.2) is 0 Å². The lowest BCUT2D eigenvalue weighted by atomic mass is 9.71. The second-order valence-corrected chi connectivity index (χ2v) is 10.3. The first kappa shape index (κ1) is 22.2. The SMILES string of the molecule is CCc1cc(O)ccc1C1CCC2C(c3ncc(C4=CCN(CC5COC5)C4)[nH]3)NNC2C1F. The molecule has 4 aliphatic rings. The van der Waals surface area contributed by atoms with Gasteiger partial charge in [-0.2, -0.15) is 0 Å². The first-order valence-corrected chi connectivity index (χ1v) is 12.6. The molecule has 6 rings (SSSR count). The lowest BCUT2D eigenvalue weighted by Crippen LogP contribution is -2.45. The van der Waals surface area contributed by atoms with E-state index in [0.29, 0.717) is 5.92 Å². The second kappa shape index (κ2) is 9.07. The molecule has 2 aromatic rings. The zero-order chi connectivity index (χ0) is 23.2. The maximum atomic E-state index is 15.8. The number of aromatic amines is 1. The van der Waals surface area contributed by atoms with Crippen LogP contribution >= 0.6 is 0 Å². The summed E-state index contributed by atoms with van der Waals surface area (Å²) in [6.45, 7) is 6.80. The minimum atomic E-state index is -0.998. The molecule has 4 heterocycles. The lowest BCUT2D eigenvalue weighted by molar-refractivity contribution is -0.0433. The van der Waals surface area contributed by atoms with Crippen LogP contribution in [0.2, 0.25) is 0 Å². The van der Waals surface area contributed by atoms with Crippen molar-refractivity contribution in [2.24, 2.45) is 11.8 Å². The largest absolute Gasteiger partial charge is 0.508 e. The van der Waals surface area contributed by atoms with Crippen molar-refractivity contribution in [1.82, 2.24) is 25.7 Å². The molecule has 1 saturated carbocycles. The van der Waals surface area contributed by atoms with E-state index < -0.39 is 6.17 Å². The molecule has 8 heteroatoms. The Morgan fingerprint density at radius 3 is 2.91 bits per heavy atom. The number of H-pyrrole nitrogens is 1. The summed E-state index contributed by atoms with van der Waals surface area (Å²) in [6.07, 6.45) is 5.70. The third-order valence-electron chi connectivity index (χ3n) is 8.19. The maximum Gasteiger partial charge on any atom is 0.125 e. The molecule has 34 heavy (non-hydrogen) atoms. The second-order valence-electron chi connectivity index (χ2n) is 10.3. The minimum Gasteiger partial charge on any atom is -0.508 e. The van der Waals surface area contributed by atoms with Gasteiger partial charge in [0.25, 0.3) is 0 Å². The van der Waals surface area contributed by atoms with Crippen LogP contribution in [0, 0.1) is 11.8 Å². The van der Waals surface area contributed by atoms with E-state index in [2.05, 4.69) is 33.7 Å². The Labute approximate surface area is 199 Å². The van der Waals surface area contributed by atoms with E-state index in [4.69, 9.17) is 9.72 Å². The zero-order valence-electron chi connectivity index (χ0n) is 19.6. The van der Waals surface area contributed by atoms with Gasteiger partial charge in [0.1, 0.15) is 17.7 Å². The minimum absolute atomic E-state index is 0.0337. The smallest absolute Gasteiger partial charge is 0.125 e. The Hall–Kier alpha value is -2.26. The highest BCUT2D eigenvalue weighted by molar-refractivity contribution is 5.66. The van der Waals surface area contributed by atoms with Crippen LogP contribution in [0.4, 0.5) is 4.39 Å².